The second kappa shape index (κ2) is 7.35. The number of carbonyl (C=O) groups excluding carboxylic acids is 1. The molecule has 5 nitrogen and oxygen atoms in total. The molecular formula is C19H24FN3O2. The van der Waals surface area contributed by atoms with E-state index >= 15 is 0 Å². The smallest absolute Gasteiger partial charge is 0.223 e. The second-order valence-corrected chi connectivity index (χ2v) is 6.52. The normalized spacial score (nSPS) is 17.8. The van der Waals surface area contributed by atoms with Gasteiger partial charge in [-0.1, -0.05) is 12.1 Å². The molecule has 0 aliphatic carbocycles. The lowest BCUT2D eigenvalue weighted by Crippen LogP contribution is -2.42. The van der Waals surface area contributed by atoms with E-state index < -0.39 is 0 Å². The van der Waals surface area contributed by atoms with E-state index in [-0.39, 0.29) is 17.8 Å². The Morgan fingerprint density at radius 2 is 2.04 bits per heavy atom. The van der Waals surface area contributed by atoms with Crippen LogP contribution in [-0.2, 0) is 23.0 Å². The molecule has 1 aromatic heterocycles. The maximum absolute atomic E-state index is 13.1. The molecule has 2 heterocycles. The van der Waals surface area contributed by atoms with Crippen molar-refractivity contribution in [1.82, 2.24) is 14.7 Å². The first-order chi connectivity index (χ1) is 12.0. The highest BCUT2D eigenvalue weighted by atomic mass is 19.1. The number of amides is 1. The molecule has 1 unspecified atom stereocenters. The van der Waals surface area contributed by atoms with Crippen molar-refractivity contribution in [3.63, 3.8) is 0 Å². The van der Waals surface area contributed by atoms with Crippen LogP contribution >= 0.6 is 0 Å². The van der Waals surface area contributed by atoms with Crippen LogP contribution in [0, 0.1) is 19.7 Å². The summed E-state index contributed by atoms with van der Waals surface area (Å²) in [6.45, 7) is 5.61. The number of halogens is 1. The fourth-order valence-electron chi connectivity index (χ4n) is 3.32. The Labute approximate surface area is 147 Å². The van der Waals surface area contributed by atoms with Gasteiger partial charge in [-0.3, -0.25) is 9.48 Å². The number of aryl methyl sites for hydroxylation is 2. The molecule has 1 amide bonds. The van der Waals surface area contributed by atoms with Crippen molar-refractivity contribution in [2.24, 2.45) is 7.05 Å². The topological polar surface area (TPSA) is 47.4 Å². The lowest BCUT2D eigenvalue weighted by Gasteiger charge is -2.33. The van der Waals surface area contributed by atoms with Gasteiger partial charge in [-0.15, -0.1) is 0 Å². The number of carbonyl (C=O) groups is 1. The molecule has 0 bridgehead atoms. The van der Waals surface area contributed by atoms with Gasteiger partial charge in [0.1, 0.15) is 11.9 Å². The molecule has 25 heavy (non-hydrogen) atoms. The molecule has 1 saturated heterocycles. The third kappa shape index (κ3) is 3.90. The van der Waals surface area contributed by atoms with Gasteiger partial charge in [-0.25, -0.2) is 4.39 Å². The summed E-state index contributed by atoms with van der Waals surface area (Å²) < 4.78 is 20.7. The van der Waals surface area contributed by atoms with E-state index in [9.17, 15) is 9.18 Å². The first-order valence-corrected chi connectivity index (χ1v) is 8.59. The highest BCUT2D eigenvalue weighted by Crippen LogP contribution is 2.23. The summed E-state index contributed by atoms with van der Waals surface area (Å²) in [7, 11) is 1.92. The zero-order valence-electron chi connectivity index (χ0n) is 15.0. The van der Waals surface area contributed by atoms with Crippen molar-refractivity contribution in [3.05, 3.63) is 52.6 Å². The van der Waals surface area contributed by atoms with E-state index in [2.05, 4.69) is 5.10 Å². The number of rotatable bonds is 4. The predicted octanol–water partition coefficient (Wildman–Crippen LogP) is 2.71. The van der Waals surface area contributed by atoms with Gasteiger partial charge in [0.15, 0.2) is 0 Å². The summed E-state index contributed by atoms with van der Waals surface area (Å²) in [4.78, 5) is 14.5. The first kappa shape index (κ1) is 17.6. The molecule has 6 heteroatoms. The third-order valence-corrected chi connectivity index (χ3v) is 4.91. The van der Waals surface area contributed by atoms with E-state index in [0.717, 1.165) is 22.5 Å². The van der Waals surface area contributed by atoms with Crippen molar-refractivity contribution in [2.75, 3.05) is 19.7 Å². The Morgan fingerprint density at radius 1 is 1.32 bits per heavy atom. The molecule has 3 rings (SSSR count). The summed E-state index contributed by atoms with van der Waals surface area (Å²) in [5.41, 5.74) is 4.15. The van der Waals surface area contributed by atoms with Crippen LogP contribution < -0.4 is 0 Å². The van der Waals surface area contributed by atoms with Gasteiger partial charge in [-0.05, 0) is 43.5 Å². The number of ether oxygens (including phenoxy) is 1. The van der Waals surface area contributed by atoms with E-state index in [1.165, 1.54) is 12.1 Å². The predicted molar refractivity (Wildman–Crippen MR) is 92.7 cm³/mol. The van der Waals surface area contributed by atoms with Crippen LogP contribution in [0.2, 0.25) is 0 Å². The van der Waals surface area contributed by atoms with Gasteiger partial charge >= 0.3 is 0 Å². The average molecular weight is 345 g/mol. The van der Waals surface area contributed by atoms with Gasteiger partial charge < -0.3 is 9.64 Å². The molecular weight excluding hydrogens is 321 g/mol. The molecule has 1 aromatic carbocycles. The zero-order chi connectivity index (χ0) is 18.0. The Kier molecular flexibility index (Phi) is 5.18. The van der Waals surface area contributed by atoms with Crippen LogP contribution in [0.15, 0.2) is 24.3 Å². The Bertz CT molecular complexity index is 755. The summed E-state index contributed by atoms with van der Waals surface area (Å²) >= 11 is 0. The highest BCUT2D eigenvalue weighted by molar-refractivity contribution is 5.76. The molecule has 1 fully saturated rings. The monoisotopic (exact) mass is 345 g/mol. The van der Waals surface area contributed by atoms with Crippen LogP contribution in [0.4, 0.5) is 4.39 Å². The maximum atomic E-state index is 13.1. The Morgan fingerprint density at radius 3 is 2.68 bits per heavy atom. The summed E-state index contributed by atoms with van der Waals surface area (Å²) in [6.07, 6.45) is 0.965. The van der Waals surface area contributed by atoms with Crippen LogP contribution in [0.3, 0.4) is 0 Å². The lowest BCUT2D eigenvalue weighted by molar-refractivity contribution is -0.139. The van der Waals surface area contributed by atoms with Crippen molar-refractivity contribution in [2.45, 2.75) is 32.8 Å². The molecule has 1 aliphatic heterocycles. The van der Waals surface area contributed by atoms with Gasteiger partial charge in [0, 0.05) is 25.7 Å². The highest BCUT2D eigenvalue weighted by Gasteiger charge is 2.25. The lowest BCUT2D eigenvalue weighted by atomic mass is 10.1. The van der Waals surface area contributed by atoms with E-state index in [0.29, 0.717) is 32.5 Å². The molecule has 1 aliphatic rings. The molecule has 0 N–H and O–H groups in total. The molecule has 2 aromatic rings. The van der Waals surface area contributed by atoms with Gasteiger partial charge in [0.2, 0.25) is 5.91 Å². The number of benzene rings is 1. The quantitative estimate of drug-likeness (QED) is 0.856. The van der Waals surface area contributed by atoms with Gasteiger partial charge in [0.25, 0.3) is 0 Å². The van der Waals surface area contributed by atoms with Crippen molar-refractivity contribution < 1.29 is 13.9 Å². The standard InChI is InChI=1S/C19H24FN3O2/c1-13-17(14(2)22(3)21-13)8-9-19(24)23-10-11-25-18(12-23)15-4-6-16(20)7-5-15/h4-7,18H,8-12H2,1-3H3. The number of nitrogens with zero attached hydrogens (tertiary/aromatic N) is 3. The molecule has 0 spiro atoms. The summed E-state index contributed by atoms with van der Waals surface area (Å²) in [5.74, 6) is -0.146. The van der Waals surface area contributed by atoms with E-state index in [1.807, 2.05) is 30.5 Å². The number of morpholine rings is 1. The number of hydrogen-bond donors (Lipinski definition) is 0. The number of hydrogen-bond acceptors (Lipinski definition) is 3. The van der Waals surface area contributed by atoms with Gasteiger partial charge in [-0.2, -0.15) is 5.10 Å². The van der Waals surface area contributed by atoms with Gasteiger partial charge in [0.05, 0.1) is 18.8 Å². The second-order valence-electron chi connectivity index (χ2n) is 6.52. The Hall–Kier alpha value is -2.21. The van der Waals surface area contributed by atoms with E-state index in [1.54, 1.807) is 12.1 Å². The van der Waals surface area contributed by atoms with Crippen molar-refractivity contribution in [1.29, 1.82) is 0 Å². The fourth-order valence-corrected chi connectivity index (χ4v) is 3.32. The first-order valence-electron chi connectivity index (χ1n) is 8.59. The SMILES string of the molecule is Cc1nn(C)c(C)c1CCC(=O)N1CCOC(c2ccc(F)cc2)C1. The average Bonchev–Trinajstić information content (AvgIpc) is 2.85. The van der Waals surface area contributed by atoms with Crippen LogP contribution in [-0.4, -0.2) is 40.3 Å². The van der Waals surface area contributed by atoms with Crippen molar-refractivity contribution in [3.8, 4) is 0 Å². The third-order valence-electron chi connectivity index (χ3n) is 4.91. The Balaban J connectivity index is 1.61. The minimum Gasteiger partial charge on any atom is -0.370 e. The number of aromatic nitrogens is 2. The summed E-state index contributed by atoms with van der Waals surface area (Å²) in [5, 5.41) is 4.40. The largest absolute Gasteiger partial charge is 0.370 e. The zero-order valence-corrected chi connectivity index (χ0v) is 15.0. The molecule has 134 valence electrons. The van der Waals surface area contributed by atoms with Crippen molar-refractivity contribution >= 4 is 5.91 Å². The van der Waals surface area contributed by atoms with Crippen LogP contribution in [0.25, 0.3) is 0 Å². The van der Waals surface area contributed by atoms with E-state index in [4.69, 9.17) is 4.74 Å². The van der Waals surface area contributed by atoms with Crippen LogP contribution in [0.5, 0.6) is 0 Å². The molecule has 0 radical (unpaired) electrons. The minimum absolute atomic E-state index is 0.123. The molecule has 0 saturated carbocycles. The summed E-state index contributed by atoms with van der Waals surface area (Å²) in [6, 6.07) is 6.29. The molecule has 1 atom stereocenters. The minimum atomic E-state index is -0.269. The fraction of sp³-hybridized carbons (Fsp3) is 0.474. The van der Waals surface area contributed by atoms with Crippen LogP contribution in [0.1, 0.15) is 35.0 Å². The maximum Gasteiger partial charge on any atom is 0.223 e.